The Balaban J connectivity index is 1.48. The molecule has 4 nitrogen and oxygen atoms in total. The van der Waals surface area contributed by atoms with Gasteiger partial charge in [0.25, 0.3) is 0 Å². The van der Waals surface area contributed by atoms with E-state index in [1.165, 1.54) is 38.9 Å². The minimum absolute atomic E-state index is 0.770. The molecule has 18 heavy (non-hydrogen) atoms. The van der Waals surface area contributed by atoms with Crippen molar-refractivity contribution in [3.8, 4) is 0 Å². The summed E-state index contributed by atoms with van der Waals surface area (Å²) in [7, 11) is 0. The lowest BCUT2D eigenvalue weighted by atomic mass is 9.97. The van der Waals surface area contributed by atoms with E-state index in [9.17, 15) is 0 Å². The highest BCUT2D eigenvalue weighted by atomic mass is 16.3. The molecule has 1 atom stereocenters. The van der Waals surface area contributed by atoms with Crippen LogP contribution in [0, 0.1) is 6.92 Å². The van der Waals surface area contributed by atoms with Crippen molar-refractivity contribution < 1.29 is 4.42 Å². The summed E-state index contributed by atoms with van der Waals surface area (Å²) >= 11 is 0. The normalized spacial score (nSPS) is 27.3. The molecular formula is C14H23N3O. The summed E-state index contributed by atoms with van der Waals surface area (Å²) in [4.78, 5) is 9.53. The number of aromatic nitrogens is 1. The van der Waals surface area contributed by atoms with Crippen LogP contribution in [0.5, 0.6) is 0 Å². The molecule has 0 spiro atoms. The summed E-state index contributed by atoms with van der Waals surface area (Å²) < 4.78 is 5.25. The Morgan fingerprint density at radius 3 is 2.89 bits per heavy atom. The smallest absolute Gasteiger partial charge is 0.191 e. The van der Waals surface area contributed by atoms with Crippen LogP contribution >= 0.6 is 0 Å². The first-order chi connectivity index (χ1) is 8.72. The van der Waals surface area contributed by atoms with E-state index >= 15 is 0 Å². The van der Waals surface area contributed by atoms with Crippen molar-refractivity contribution in [2.75, 3.05) is 19.6 Å². The summed E-state index contributed by atoms with van der Waals surface area (Å²) in [6, 6.07) is 1.55. The third-order valence-corrected chi connectivity index (χ3v) is 4.31. The topological polar surface area (TPSA) is 32.5 Å². The maximum atomic E-state index is 5.25. The minimum atomic E-state index is 0.770. The van der Waals surface area contributed by atoms with E-state index < -0.39 is 0 Å². The molecule has 0 radical (unpaired) electrons. The van der Waals surface area contributed by atoms with Gasteiger partial charge in [0, 0.05) is 38.6 Å². The number of aryl methyl sites for hydroxylation is 1. The number of hydrogen-bond acceptors (Lipinski definition) is 4. The van der Waals surface area contributed by atoms with Crippen molar-refractivity contribution in [1.82, 2.24) is 14.8 Å². The van der Waals surface area contributed by atoms with Gasteiger partial charge in [-0.15, -0.1) is 0 Å². The van der Waals surface area contributed by atoms with E-state index in [1.54, 1.807) is 6.26 Å². The fourth-order valence-electron chi connectivity index (χ4n) is 3.25. The molecule has 2 aliphatic heterocycles. The second-order valence-corrected chi connectivity index (χ2v) is 5.79. The van der Waals surface area contributed by atoms with Gasteiger partial charge in [0.15, 0.2) is 5.89 Å². The lowest BCUT2D eigenvalue weighted by molar-refractivity contribution is -0.00675. The van der Waals surface area contributed by atoms with Crippen LogP contribution in [0.1, 0.15) is 37.8 Å². The third kappa shape index (κ3) is 2.45. The molecule has 4 heteroatoms. The number of likely N-dealkylation sites (tertiary alicyclic amines) is 2. The van der Waals surface area contributed by atoms with Gasteiger partial charge in [0.1, 0.15) is 6.26 Å². The molecule has 1 aromatic heterocycles. The molecule has 1 aromatic rings. The molecule has 2 saturated heterocycles. The van der Waals surface area contributed by atoms with Crippen LogP contribution < -0.4 is 0 Å². The predicted octanol–water partition coefficient (Wildman–Crippen LogP) is 2.04. The molecule has 0 aliphatic carbocycles. The molecule has 0 aromatic carbocycles. The van der Waals surface area contributed by atoms with Crippen molar-refractivity contribution in [2.45, 2.75) is 51.7 Å². The molecule has 0 amide bonds. The minimum Gasteiger partial charge on any atom is -0.449 e. The van der Waals surface area contributed by atoms with Crippen LogP contribution in [-0.2, 0) is 6.54 Å². The van der Waals surface area contributed by atoms with Gasteiger partial charge >= 0.3 is 0 Å². The second-order valence-electron chi connectivity index (χ2n) is 5.79. The quantitative estimate of drug-likeness (QED) is 0.820. The Morgan fingerprint density at radius 1 is 1.39 bits per heavy atom. The van der Waals surface area contributed by atoms with Crippen LogP contribution in [-0.4, -0.2) is 46.5 Å². The van der Waals surface area contributed by atoms with Gasteiger partial charge in [0.2, 0.25) is 0 Å². The molecule has 0 saturated carbocycles. The Bertz CT molecular complexity index is 397. The Hall–Kier alpha value is -0.870. The van der Waals surface area contributed by atoms with Gasteiger partial charge in [-0.3, -0.25) is 9.80 Å². The number of rotatable bonds is 3. The first-order valence-corrected chi connectivity index (χ1v) is 7.11. The Kier molecular flexibility index (Phi) is 3.39. The largest absolute Gasteiger partial charge is 0.449 e. The van der Waals surface area contributed by atoms with E-state index in [2.05, 4.69) is 21.7 Å². The molecule has 0 bridgehead atoms. The highest BCUT2D eigenvalue weighted by Crippen LogP contribution is 2.25. The summed E-state index contributed by atoms with van der Waals surface area (Å²) in [6.45, 7) is 8.89. The van der Waals surface area contributed by atoms with E-state index in [1.807, 2.05) is 6.92 Å². The van der Waals surface area contributed by atoms with Gasteiger partial charge in [0.05, 0.1) is 5.69 Å². The number of oxazole rings is 1. The maximum absolute atomic E-state index is 5.25. The molecule has 1 unspecified atom stereocenters. The maximum Gasteiger partial charge on any atom is 0.191 e. The third-order valence-electron chi connectivity index (χ3n) is 4.31. The van der Waals surface area contributed by atoms with Crippen molar-refractivity contribution >= 4 is 0 Å². The van der Waals surface area contributed by atoms with Crippen molar-refractivity contribution in [3.05, 3.63) is 17.8 Å². The van der Waals surface area contributed by atoms with Gasteiger partial charge in [-0.2, -0.15) is 0 Å². The fraction of sp³-hybridized carbons (Fsp3) is 0.786. The zero-order valence-electron chi connectivity index (χ0n) is 11.4. The van der Waals surface area contributed by atoms with E-state index in [4.69, 9.17) is 4.42 Å². The number of hydrogen-bond donors (Lipinski definition) is 0. The van der Waals surface area contributed by atoms with Crippen LogP contribution in [0.4, 0.5) is 0 Å². The van der Waals surface area contributed by atoms with E-state index in [0.717, 1.165) is 30.2 Å². The van der Waals surface area contributed by atoms with E-state index in [0.29, 0.717) is 0 Å². The molecule has 2 fully saturated rings. The molecule has 2 aliphatic rings. The predicted molar refractivity (Wildman–Crippen MR) is 70.3 cm³/mol. The second kappa shape index (κ2) is 5.02. The van der Waals surface area contributed by atoms with Crippen molar-refractivity contribution in [1.29, 1.82) is 0 Å². The van der Waals surface area contributed by atoms with Crippen LogP contribution in [0.2, 0.25) is 0 Å². The zero-order chi connectivity index (χ0) is 12.5. The molecule has 100 valence electrons. The Morgan fingerprint density at radius 2 is 2.22 bits per heavy atom. The molecular weight excluding hydrogens is 226 g/mol. The summed E-state index contributed by atoms with van der Waals surface area (Å²) in [6.07, 6.45) is 5.95. The zero-order valence-corrected chi connectivity index (χ0v) is 11.4. The van der Waals surface area contributed by atoms with Gasteiger partial charge in [-0.05, 0) is 26.3 Å². The van der Waals surface area contributed by atoms with Crippen LogP contribution in [0.3, 0.4) is 0 Å². The van der Waals surface area contributed by atoms with Crippen LogP contribution in [0.25, 0.3) is 0 Å². The van der Waals surface area contributed by atoms with Gasteiger partial charge < -0.3 is 4.42 Å². The van der Waals surface area contributed by atoms with Gasteiger partial charge in [-0.1, -0.05) is 6.42 Å². The fourth-order valence-corrected chi connectivity index (χ4v) is 3.25. The van der Waals surface area contributed by atoms with E-state index in [-0.39, 0.29) is 0 Å². The monoisotopic (exact) mass is 249 g/mol. The lowest BCUT2D eigenvalue weighted by Gasteiger charge is -2.49. The average Bonchev–Trinajstić information content (AvgIpc) is 2.70. The first kappa shape index (κ1) is 12.2. The number of piperidine rings is 1. The van der Waals surface area contributed by atoms with Crippen molar-refractivity contribution in [3.63, 3.8) is 0 Å². The lowest BCUT2D eigenvalue weighted by Crippen LogP contribution is -2.61. The SMILES string of the molecule is Cc1nc(CN2CC(N3CCCCC3C)C2)co1. The molecule has 3 rings (SSSR count). The van der Waals surface area contributed by atoms with Crippen LogP contribution in [0.15, 0.2) is 10.7 Å². The summed E-state index contributed by atoms with van der Waals surface area (Å²) in [5, 5.41) is 0. The number of nitrogens with zero attached hydrogens (tertiary/aromatic N) is 3. The standard InChI is InChI=1S/C14H23N3O/c1-11-5-3-4-6-17(11)14-8-16(9-14)7-13-10-18-12(2)15-13/h10-11,14H,3-9H2,1-2H3. The van der Waals surface area contributed by atoms with Gasteiger partial charge in [-0.25, -0.2) is 4.98 Å². The highest BCUT2D eigenvalue weighted by molar-refractivity contribution is 4.99. The molecule has 3 heterocycles. The highest BCUT2D eigenvalue weighted by Gasteiger charge is 2.35. The summed E-state index contributed by atoms with van der Waals surface area (Å²) in [5.41, 5.74) is 1.07. The average molecular weight is 249 g/mol. The first-order valence-electron chi connectivity index (χ1n) is 7.11. The summed E-state index contributed by atoms with van der Waals surface area (Å²) in [5.74, 6) is 0.770. The molecule has 0 N–H and O–H groups in total. The van der Waals surface area contributed by atoms with Crippen molar-refractivity contribution in [2.24, 2.45) is 0 Å². The Labute approximate surface area is 109 Å².